The summed E-state index contributed by atoms with van der Waals surface area (Å²) in [6, 6.07) is 22.0. The lowest BCUT2D eigenvalue weighted by molar-refractivity contribution is -0.139. The van der Waals surface area contributed by atoms with Crippen LogP contribution >= 0.6 is 15.9 Å². The number of anilines is 1. The third-order valence-electron chi connectivity index (χ3n) is 6.49. The fourth-order valence-corrected chi connectivity index (χ4v) is 6.16. The number of amides is 2. The molecule has 9 heteroatoms. The summed E-state index contributed by atoms with van der Waals surface area (Å²) in [7, 11) is -4.08. The Balaban J connectivity index is 2.02. The Bertz CT molecular complexity index is 1370. The van der Waals surface area contributed by atoms with E-state index >= 15 is 0 Å². The van der Waals surface area contributed by atoms with Gasteiger partial charge in [0.1, 0.15) is 12.6 Å². The number of hydrogen-bond acceptors (Lipinski definition) is 4. The minimum absolute atomic E-state index is 0.0904. The van der Waals surface area contributed by atoms with Crippen molar-refractivity contribution in [2.24, 2.45) is 0 Å². The molecule has 0 aliphatic heterocycles. The van der Waals surface area contributed by atoms with Crippen molar-refractivity contribution in [1.29, 1.82) is 0 Å². The van der Waals surface area contributed by atoms with Gasteiger partial charge in [-0.1, -0.05) is 84.7 Å². The van der Waals surface area contributed by atoms with E-state index in [2.05, 4.69) is 21.2 Å². The van der Waals surface area contributed by atoms with E-state index in [0.29, 0.717) is 18.7 Å². The van der Waals surface area contributed by atoms with Gasteiger partial charge in [0.2, 0.25) is 11.8 Å². The molecular weight excluding hydrogens is 578 g/mol. The molecule has 0 saturated carbocycles. The first-order valence-corrected chi connectivity index (χ1v) is 15.4. The van der Waals surface area contributed by atoms with Crippen LogP contribution in [0.2, 0.25) is 0 Å². The van der Waals surface area contributed by atoms with Crippen molar-refractivity contribution in [2.45, 2.75) is 57.5 Å². The first kappa shape index (κ1) is 30.4. The number of aryl methyl sites for hydroxylation is 1. The highest BCUT2D eigenvalue weighted by molar-refractivity contribution is 9.10. The van der Waals surface area contributed by atoms with Crippen LogP contribution in [-0.4, -0.2) is 44.3 Å². The van der Waals surface area contributed by atoms with Gasteiger partial charge in [0, 0.05) is 17.6 Å². The SMILES string of the molecule is CCCCNC(=O)[C@H](C)N(Cc1cccc(Br)c1)C(=O)CN(c1ccccc1CC)S(=O)(=O)c1ccccc1. The van der Waals surface area contributed by atoms with E-state index in [-0.39, 0.29) is 17.3 Å². The fourth-order valence-electron chi connectivity index (χ4n) is 4.24. The molecule has 3 aromatic carbocycles. The minimum Gasteiger partial charge on any atom is -0.354 e. The summed E-state index contributed by atoms with van der Waals surface area (Å²) >= 11 is 3.47. The molecule has 0 aromatic heterocycles. The van der Waals surface area contributed by atoms with Gasteiger partial charge in [-0.2, -0.15) is 0 Å². The molecule has 1 atom stereocenters. The predicted molar refractivity (Wildman–Crippen MR) is 159 cm³/mol. The lowest BCUT2D eigenvalue weighted by Gasteiger charge is -2.32. The van der Waals surface area contributed by atoms with Gasteiger partial charge < -0.3 is 10.2 Å². The van der Waals surface area contributed by atoms with Crippen LogP contribution in [0.1, 0.15) is 44.7 Å². The summed E-state index contributed by atoms with van der Waals surface area (Å²) in [5.41, 5.74) is 2.06. The molecule has 1 N–H and O–H groups in total. The molecule has 0 spiro atoms. The minimum atomic E-state index is -4.08. The van der Waals surface area contributed by atoms with Gasteiger partial charge in [0.25, 0.3) is 10.0 Å². The van der Waals surface area contributed by atoms with Crippen molar-refractivity contribution < 1.29 is 18.0 Å². The summed E-state index contributed by atoms with van der Waals surface area (Å²) in [5, 5.41) is 2.90. The van der Waals surface area contributed by atoms with Crippen LogP contribution in [0.25, 0.3) is 0 Å². The number of nitrogens with one attached hydrogen (secondary N) is 1. The van der Waals surface area contributed by atoms with Crippen LogP contribution in [0.3, 0.4) is 0 Å². The molecule has 0 unspecified atom stereocenters. The number of benzene rings is 3. The molecule has 0 heterocycles. The topological polar surface area (TPSA) is 86.8 Å². The van der Waals surface area contributed by atoms with E-state index in [1.807, 2.05) is 50.2 Å². The van der Waals surface area contributed by atoms with Gasteiger partial charge in [0.15, 0.2) is 0 Å². The largest absolute Gasteiger partial charge is 0.354 e. The van der Waals surface area contributed by atoms with Crippen LogP contribution < -0.4 is 9.62 Å². The van der Waals surface area contributed by atoms with Crippen LogP contribution in [0.15, 0.2) is 88.2 Å². The summed E-state index contributed by atoms with van der Waals surface area (Å²) in [6.07, 6.45) is 2.34. The summed E-state index contributed by atoms with van der Waals surface area (Å²) < 4.78 is 29.8. The molecular formula is C30H36BrN3O4S. The standard InChI is InChI=1S/C30H36BrN3O4S/c1-4-6-19-32-30(36)23(3)33(21-24-13-12-15-26(31)20-24)29(35)22-34(28-18-11-10-14-25(28)5-2)39(37,38)27-16-8-7-9-17-27/h7-18,20,23H,4-6,19,21-22H2,1-3H3,(H,32,36)/t23-/m0/s1. The number of hydrogen-bond donors (Lipinski definition) is 1. The molecule has 0 bridgehead atoms. The molecule has 3 aromatic rings. The molecule has 208 valence electrons. The first-order chi connectivity index (χ1) is 18.7. The monoisotopic (exact) mass is 613 g/mol. The molecule has 0 fully saturated rings. The Morgan fingerprint density at radius 2 is 1.64 bits per heavy atom. The van der Waals surface area contributed by atoms with Crippen LogP contribution in [0, 0.1) is 0 Å². The highest BCUT2D eigenvalue weighted by atomic mass is 79.9. The van der Waals surface area contributed by atoms with Crippen molar-refractivity contribution in [3.63, 3.8) is 0 Å². The normalized spacial score (nSPS) is 12.0. The highest BCUT2D eigenvalue weighted by Crippen LogP contribution is 2.28. The third kappa shape index (κ3) is 7.92. The predicted octanol–water partition coefficient (Wildman–Crippen LogP) is 5.54. The van der Waals surface area contributed by atoms with E-state index in [1.54, 1.807) is 37.3 Å². The Kier molecular flexibility index (Phi) is 11.1. The maximum absolute atomic E-state index is 14.0. The number of para-hydroxylation sites is 1. The Hall–Kier alpha value is -3.17. The zero-order valence-electron chi connectivity index (χ0n) is 22.6. The number of sulfonamides is 1. The number of rotatable bonds is 13. The van der Waals surface area contributed by atoms with E-state index in [4.69, 9.17) is 0 Å². The maximum Gasteiger partial charge on any atom is 0.264 e. The summed E-state index contributed by atoms with van der Waals surface area (Å²) in [5.74, 6) is -0.753. The zero-order valence-corrected chi connectivity index (χ0v) is 25.0. The molecule has 7 nitrogen and oxygen atoms in total. The van der Waals surface area contributed by atoms with Crippen LogP contribution in [-0.2, 0) is 32.6 Å². The Labute approximate surface area is 240 Å². The second-order valence-electron chi connectivity index (χ2n) is 9.28. The second kappa shape index (κ2) is 14.3. The highest BCUT2D eigenvalue weighted by Gasteiger charge is 2.33. The smallest absolute Gasteiger partial charge is 0.264 e. The first-order valence-electron chi connectivity index (χ1n) is 13.2. The number of carbonyl (C=O) groups is 2. The van der Waals surface area contributed by atoms with Crippen molar-refractivity contribution in [3.8, 4) is 0 Å². The molecule has 2 amide bonds. The van der Waals surface area contributed by atoms with Gasteiger partial charge in [0.05, 0.1) is 10.6 Å². The van der Waals surface area contributed by atoms with Gasteiger partial charge in [-0.3, -0.25) is 13.9 Å². The van der Waals surface area contributed by atoms with Crippen molar-refractivity contribution >= 4 is 43.5 Å². The number of carbonyl (C=O) groups excluding carboxylic acids is 2. The number of unbranched alkanes of at least 4 members (excludes halogenated alkanes) is 1. The van der Waals surface area contributed by atoms with Gasteiger partial charge in [-0.15, -0.1) is 0 Å². The fraction of sp³-hybridized carbons (Fsp3) is 0.333. The number of nitrogens with zero attached hydrogens (tertiary/aromatic N) is 2. The molecule has 3 rings (SSSR count). The van der Waals surface area contributed by atoms with Gasteiger partial charge >= 0.3 is 0 Å². The molecule has 0 aliphatic carbocycles. The molecule has 0 radical (unpaired) electrons. The lowest BCUT2D eigenvalue weighted by atomic mass is 10.1. The molecule has 0 aliphatic rings. The molecule has 0 saturated heterocycles. The third-order valence-corrected chi connectivity index (χ3v) is 8.76. The summed E-state index contributed by atoms with van der Waals surface area (Å²) in [6.45, 7) is 5.86. The average Bonchev–Trinajstić information content (AvgIpc) is 2.94. The summed E-state index contributed by atoms with van der Waals surface area (Å²) in [4.78, 5) is 28.6. The van der Waals surface area contributed by atoms with Crippen LogP contribution in [0.4, 0.5) is 5.69 Å². The van der Waals surface area contributed by atoms with E-state index in [0.717, 1.165) is 28.4 Å². The Morgan fingerprint density at radius 3 is 2.31 bits per heavy atom. The van der Waals surface area contributed by atoms with Crippen molar-refractivity contribution in [3.05, 3.63) is 94.5 Å². The quantitative estimate of drug-likeness (QED) is 0.256. The van der Waals surface area contributed by atoms with E-state index < -0.39 is 28.5 Å². The lowest BCUT2D eigenvalue weighted by Crippen LogP contribution is -2.51. The molecule has 39 heavy (non-hydrogen) atoms. The van der Waals surface area contributed by atoms with Crippen molar-refractivity contribution in [2.75, 3.05) is 17.4 Å². The Morgan fingerprint density at radius 1 is 0.949 bits per heavy atom. The van der Waals surface area contributed by atoms with E-state index in [1.165, 1.54) is 21.3 Å². The maximum atomic E-state index is 14.0. The second-order valence-corrected chi connectivity index (χ2v) is 12.1. The van der Waals surface area contributed by atoms with Crippen molar-refractivity contribution in [1.82, 2.24) is 10.2 Å². The number of halogens is 1. The van der Waals surface area contributed by atoms with Crippen LogP contribution in [0.5, 0.6) is 0 Å². The van der Waals surface area contributed by atoms with Gasteiger partial charge in [-0.25, -0.2) is 8.42 Å². The average molecular weight is 615 g/mol. The van der Waals surface area contributed by atoms with E-state index in [9.17, 15) is 18.0 Å². The zero-order chi connectivity index (χ0) is 28.4. The van der Waals surface area contributed by atoms with Gasteiger partial charge in [-0.05, 0) is 61.2 Å².